The zero-order valence-electron chi connectivity index (χ0n) is 7.81. The zero-order valence-corrected chi connectivity index (χ0v) is 8.62. The Morgan fingerprint density at radius 1 is 1.13 bits per heavy atom. The van der Waals surface area contributed by atoms with Crippen LogP contribution in [0.15, 0.2) is 42.6 Å². The number of amides is 2. The van der Waals surface area contributed by atoms with Gasteiger partial charge in [0.1, 0.15) is 5.00 Å². The SMILES string of the molecule is O=C(Nc1ccccc1)Nc1ccns1. The molecule has 0 fully saturated rings. The third kappa shape index (κ3) is 2.78. The molecule has 2 amide bonds. The Labute approximate surface area is 91.1 Å². The van der Waals surface area contributed by atoms with Gasteiger partial charge in [-0.25, -0.2) is 4.79 Å². The van der Waals surface area contributed by atoms with E-state index < -0.39 is 0 Å². The number of rotatable bonds is 2. The third-order valence-corrected chi connectivity index (χ3v) is 2.37. The molecule has 0 spiro atoms. The fraction of sp³-hybridized carbons (Fsp3) is 0. The second-order valence-corrected chi connectivity index (χ2v) is 3.66. The lowest BCUT2D eigenvalue weighted by Crippen LogP contribution is -2.18. The highest BCUT2D eigenvalue weighted by atomic mass is 32.1. The van der Waals surface area contributed by atoms with Crippen LogP contribution >= 0.6 is 11.5 Å². The monoisotopic (exact) mass is 219 g/mol. The molecule has 0 aliphatic carbocycles. The Morgan fingerprint density at radius 3 is 2.60 bits per heavy atom. The van der Waals surface area contributed by atoms with E-state index in [0.29, 0.717) is 0 Å². The van der Waals surface area contributed by atoms with Gasteiger partial charge in [0.25, 0.3) is 0 Å². The average Bonchev–Trinajstić information content (AvgIpc) is 2.71. The molecule has 1 aromatic carbocycles. The number of benzene rings is 1. The van der Waals surface area contributed by atoms with Gasteiger partial charge < -0.3 is 5.32 Å². The van der Waals surface area contributed by atoms with Crippen LogP contribution in [0.1, 0.15) is 0 Å². The third-order valence-electron chi connectivity index (χ3n) is 1.71. The first kappa shape index (κ1) is 9.67. The zero-order chi connectivity index (χ0) is 10.5. The van der Waals surface area contributed by atoms with Gasteiger partial charge in [0.05, 0.1) is 0 Å². The lowest BCUT2D eigenvalue weighted by molar-refractivity contribution is 0.262. The molecule has 4 nitrogen and oxygen atoms in total. The largest absolute Gasteiger partial charge is 0.324 e. The summed E-state index contributed by atoms with van der Waals surface area (Å²) in [6.45, 7) is 0. The van der Waals surface area contributed by atoms with Crippen LogP contribution in [0.4, 0.5) is 15.5 Å². The van der Waals surface area contributed by atoms with Crippen molar-refractivity contribution in [2.24, 2.45) is 0 Å². The normalized spacial score (nSPS) is 9.60. The molecular weight excluding hydrogens is 210 g/mol. The van der Waals surface area contributed by atoms with Crippen LogP contribution < -0.4 is 10.6 Å². The van der Waals surface area contributed by atoms with Crippen molar-refractivity contribution in [2.45, 2.75) is 0 Å². The first-order valence-corrected chi connectivity index (χ1v) is 5.16. The fourth-order valence-electron chi connectivity index (χ4n) is 1.08. The smallest absolute Gasteiger partial charge is 0.308 e. The van der Waals surface area contributed by atoms with Crippen molar-refractivity contribution in [3.05, 3.63) is 42.6 Å². The number of nitrogens with zero attached hydrogens (tertiary/aromatic N) is 1. The van der Waals surface area contributed by atoms with Gasteiger partial charge in [-0.2, -0.15) is 4.37 Å². The summed E-state index contributed by atoms with van der Waals surface area (Å²) in [5.41, 5.74) is 0.763. The molecule has 2 rings (SSSR count). The first-order valence-electron chi connectivity index (χ1n) is 4.38. The minimum atomic E-state index is -0.259. The molecule has 1 aromatic heterocycles. The minimum absolute atomic E-state index is 0.259. The van der Waals surface area contributed by atoms with E-state index >= 15 is 0 Å². The van der Waals surface area contributed by atoms with Crippen LogP contribution in [0.3, 0.4) is 0 Å². The van der Waals surface area contributed by atoms with Crippen molar-refractivity contribution >= 4 is 28.3 Å². The highest BCUT2D eigenvalue weighted by Crippen LogP contribution is 2.12. The number of hydrogen-bond donors (Lipinski definition) is 2. The predicted octanol–water partition coefficient (Wildman–Crippen LogP) is 2.79. The number of hydrogen-bond acceptors (Lipinski definition) is 3. The predicted molar refractivity (Wildman–Crippen MR) is 61.2 cm³/mol. The molecule has 0 saturated heterocycles. The highest BCUT2D eigenvalue weighted by Gasteiger charge is 2.02. The van der Waals surface area contributed by atoms with Gasteiger partial charge in [0, 0.05) is 11.9 Å². The second-order valence-electron chi connectivity index (χ2n) is 2.82. The first-order chi connectivity index (χ1) is 7.34. The van der Waals surface area contributed by atoms with E-state index in [4.69, 9.17) is 0 Å². The maximum Gasteiger partial charge on any atom is 0.324 e. The molecule has 0 atom stereocenters. The number of nitrogens with one attached hydrogen (secondary N) is 2. The van der Waals surface area contributed by atoms with Crippen molar-refractivity contribution in [3.63, 3.8) is 0 Å². The Bertz CT molecular complexity index is 427. The summed E-state index contributed by atoms with van der Waals surface area (Å²) in [6.07, 6.45) is 1.64. The molecule has 76 valence electrons. The molecule has 0 saturated carbocycles. The maximum absolute atomic E-state index is 11.4. The van der Waals surface area contributed by atoms with Crippen molar-refractivity contribution in [1.82, 2.24) is 4.37 Å². The standard InChI is InChI=1S/C10H9N3OS/c14-10(13-9-6-7-11-15-9)12-8-4-2-1-3-5-8/h1-7H,(H2,12,13,14). The van der Waals surface area contributed by atoms with Crippen LogP contribution in [0.25, 0.3) is 0 Å². The summed E-state index contributed by atoms with van der Waals surface area (Å²) < 4.78 is 3.88. The van der Waals surface area contributed by atoms with E-state index in [-0.39, 0.29) is 6.03 Å². The summed E-state index contributed by atoms with van der Waals surface area (Å²) in [5.74, 6) is 0. The Hall–Kier alpha value is -1.88. The van der Waals surface area contributed by atoms with Crippen LogP contribution in [0.2, 0.25) is 0 Å². The quantitative estimate of drug-likeness (QED) is 0.816. The van der Waals surface area contributed by atoms with Gasteiger partial charge in [-0.15, -0.1) is 0 Å². The summed E-state index contributed by atoms with van der Waals surface area (Å²) in [4.78, 5) is 11.4. The molecule has 0 aliphatic heterocycles. The van der Waals surface area contributed by atoms with Crippen molar-refractivity contribution < 1.29 is 4.79 Å². The number of para-hydroxylation sites is 1. The lowest BCUT2D eigenvalue weighted by atomic mass is 10.3. The summed E-state index contributed by atoms with van der Waals surface area (Å²) in [6, 6.07) is 10.8. The Balaban J connectivity index is 1.94. The minimum Gasteiger partial charge on any atom is -0.308 e. The molecule has 0 unspecified atom stereocenters. The highest BCUT2D eigenvalue weighted by molar-refractivity contribution is 7.10. The number of anilines is 2. The summed E-state index contributed by atoms with van der Waals surface area (Å²) >= 11 is 1.24. The van der Waals surface area contributed by atoms with Gasteiger partial charge >= 0.3 is 6.03 Å². The van der Waals surface area contributed by atoms with E-state index in [1.54, 1.807) is 12.3 Å². The molecule has 2 aromatic rings. The second kappa shape index (κ2) is 4.56. The van der Waals surface area contributed by atoms with E-state index in [0.717, 1.165) is 10.7 Å². The lowest BCUT2D eigenvalue weighted by Gasteiger charge is -2.04. The summed E-state index contributed by atoms with van der Waals surface area (Å²) in [7, 11) is 0. The molecule has 0 radical (unpaired) electrons. The van der Waals surface area contributed by atoms with E-state index in [1.165, 1.54) is 11.5 Å². The average molecular weight is 219 g/mol. The fourth-order valence-corrected chi connectivity index (χ4v) is 1.57. The van der Waals surface area contributed by atoms with E-state index in [9.17, 15) is 4.79 Å². The molecule has 2 N–H and O–H groups in total. The molecule has 0 bridgehead atoms. The van der Waals surface area contributed by atoms with Gasteiger partial charge in [-0.05, 0) is 29.7 Å². The van der Waals surface area contributed by atoms with Crippen LogP contribution in [-0.2, 0) is 0 Å². The Kier molecular flexibility index (Phi) is 2.94. The van der Waals surface area contributed by atoms with Gasteiger partial charge in [-0.1, -0.05) is 18.2 Å². The topological polar surface area (TPSA) is 54.0 Å². The van der Waals surface area contributed by atoms with E-state index in [1.807, 2.05) is 30.3 Å². The van der Waals surface area contributed by atoms with Crippen LogP contribution in [0.5, 0.6) is 0 Å². The van der Waals surface area contributed by atoms with Gasteiger partial charge in [0.15, 0.2) is 0 Å². The molecular formula is C10H9N3OS. The molecule has 5 heteroatoms. The Morgan fingerprint density at radius 2 is 1.93 bits per heavy atom. The van der Waals surface area contributed by atoms with Crippen molar-refractivity contribution in [2.75, 3.05) is 10.6 Å². The number of aromatic nitrogens is 1. The van der Waals surface area contributed by atoms with Crippen LogP contribution in [0, 0.1) is 0 Å². The van der Waals surface area contributed by atoms with E-state index in [2.05, 4.69) is 15.0 Å². The number of urea groups is 1. The van der Waals surface area contributed by atoms with Gasteiger partial charge in [0.2, 0.25) is 0 Å². The molecule has 0 aliphatic rings. The maximum atomic E-state index is 11.4. The summed E-state index contributed by atoms with van der Waals surface area (Å²) in [5, 5.41) is 6.11. The van der Waals surface area contributed by atoms with Crippen molar-refractivity contribution in [3.8, 4) is 0 Å². The molecule has 1 heterocycles. The van der Waals surface area contributed by atoms with Gasteiger partial charge in [-0.3, -0.25) is 5.32 Å². The van der Waals surface area contributed by atoms with Crippen molar-refractivity contribution in [1.29, 1.82) is 0 Å². The number of carbonyl (C=O) groups excluding carboxylic acids is 1. The number of carbonyl (C=O) groups is 1. The van der Waals surface area contributed by atoms with Crippen LogP contribution in [-0.4, -0.2) is 10.4 Å². The molecule has 15 heavy (non-hydrogen) atoms.